The van der Waals surface area contributed by atoms with Crippen LogP contribution in [0.4, 0.5) is 0 Å². The Morgan fingerprint density at radius 3 is 2.63 bits per heavy atom. The number of ether oxygens (including phenoxy) is 1. The van der Waals surface area contributed by atoms with Crippen molar-refractivity contribution < 1.29 is 9.53 Å². The van der Waals surface area contributed by atoms with Gasteiger partial charge in [-0.15, -0.1) is 5.10 Å². The Kier molecular flexibility index (Phi) is 4.82. The summed E-state index contributed by atoms with van der Waals surface area (Å²) in [6.45, 7) is 4.37. The van der Waals surface area contributed by atoms with Crippen LogP contribution >= 0.6 is 0 Å². The molecule has 0 N–H and O–H groups in total. The zero-order valence-electron chi connectivity index (χ0n) is 15.1. The predicted molar refractivity (Wildman–Crippen MR) is 96.1 cm³/mol. The molecular formula is C18H21N7O2. The molecule has 1 fully saturated rings. The van der Waals surface area contributed by atoms with Crippen LogP contribution in [0.5, 0.6) is 5.75 Å². The fourth-order valence-corrected chi connectivity index (χ4v) is 3.02. The van der Waals surface area contributed by atoms with E-state index in [1.54, 1.807) is 17.2 Å². The predicted octanol–water partition coefficient (Wildman–Crippen LogP) is 0.943. The highest BCUT2D eigenvalue weighted by Gasteiger charge is 2.32. The molecule has 0 atom stereocenters. The van der Waals surface area contributed by atoms with Crippen LogP contribution in [0.15, 0.2) is 42.9 Å². The smallest absolute Gasteiger partial charge is 0.227 e. The maximum atomic E-state index is 12.4. The number of benzene rings is 1. The zero-order chi connectivity index (χ0) is 18.6. The van der Waals surface area contributed by atoms with Crippen LogP contribution in [0.1, 0.15) is 24.2 Å². The molecule has 0 spiro atoms. The first-order valence-corrected chi connectivity index (χ1v) is 8.95. The van der Waals surface area contributed by atoms with Crippen LogP contribution in [-0.4, -0.2) is 60.5 Å². The van der Waals surface area contributed by atoms with Crippen molar-refractivity contribution in [3.8, 4) is 5.75 Å². The quantitative estimate of drug-likeness (QED) is 0.617. The summed E-state index contributed by atoms with van der Waals surface area (Å²) in [6, 6.07) is 7.84. The van der Waals surface area contributed by atoms with Crippen LogP contribution in [-0.2, 0) is 17.8 Å². The minimum absolute atomic E-state index is 0.122. The fraction of sp³-hybridized carbons (Fsp3) is 0.389. The number of hydrogen-bond donors (Lipinski definition) is 0. The molecule has 4 rings (SSSR count). The van der Waals surface area contributed by atoms with Crippen molar-refractivity contribution in [1.82, 2.24) is 34.9 Å². The highest BCUT2D eigenvalue weighted by Crippen LogP contribution is 2.22. The first-order chi connectivity index (χ1) is 13.2. The second-order valence-electron chi connectivity index (χ2n) is 6.46. The van der Waals surface area contributed by atoms with Gasteiger partial charge in [0.15, 0.2) is 0 Å². The largest absolute Gasteiger partial charge is 0.494 e. The van der Waals surface area contributed by atoms with E-state index in [4.69, 9.17) is 4.74 Å². The molecule has 3 aromatic rings. The van der Waals surface area contributed by atoms with Crippen LogP contribution in [0, 0.1) is 0 Å². The molecule has 1 aliphatic rings. The lowest BCUT2D eigenvalue weighted by atomic mass is 10.1. The van der Waals surface area contributed by atoms with E-state index in [1.807, 2.05) is 47.0 Å². The molecule has 27 heavy (non-hydrogen) atoms. The van der Waals surface area contributed by atoms with Crippen molar-refractivity contribution in [2.24, 2.45) is 0 Å². The van der Waals surface area contributed by atoms with E-state index >= 15 is 0 Å². The van der Waals surface area contributed by atoms with Gasteiger partial charge in [-0.05, 0) is 24.6 Å². The van der Waals surface area contributed by atoms with Crippen molar-refractivity contribution in [3.63, 3.8) is 0 Å². The van der Waals surface area contributed by atoms with E-state index in [1.165, 1.54) is 0 Å². The number of carbonyl (C=O) groups excluding carboxylic acids is 1. The molecule has 1 aliphatic heterocycles. The van der Waals surface area contributed by atoms with Crippen LogP contribution in [0.25, 0.3) is 0 Å². The average Bonchev–Trinajstić information content (AvgIpc) is 3.28. The van der Waals surface area contributed by atoms with Gasteiger partial charge < -0.3 is 9.64 Å². The molecule has 0 radical (unpaired) electrons. The van der Waals surface area contributed by atoms with Crippen molar-refractivity contribution in [3.05, 3.63) is 54.1 Å². The van der Waals surface area contributed by atoms with E-state index in [9.17, 15) is 4.79 Å². The SMILES string of the molecule is CCOc1ccc(CC(=O)N2CC(n3cc(Cn4nccn4)nn3)C2)cc1. The summed E-state index contributed by atoms with van der Waals surface area (Å²) in [4.78, 5) is 15.8. The van der Waals surface area contributed by atoms with Gasteiger partial charge in [0.2, 0.25) is 5.91 Å². The maximum Gasteiger partial charge on any atom is 0.227 e. The lowest BCUT2D eigenvalue weighted by molar-refractivity contribution is -0.136. The van der Waals surface area contributed by atoms with Gasteiger partial charge in [0, 0.05) is 13.1 Å². The monoisotopic (exact) mass is 367 g/mol. The number of rotatable bonds is 7. The fourth-order valence-electron chi connectivity index (χ4n) is 3.02. The van der Waals surface area contributed by atoms with E-state index in [0.717, 1.165) is 17.0 Å². The van der Waals surface area contributed by atoms with Gasteiger partial charge in [-0.3, -0.25) is 4.79 Å². The van der Waals surface area contributed by atoms with Gasteiger partial charge >= 0.3 is 0 Å². The molecule has 0 unspecified atom stereocenters. The summed E-state index contributed by atoms with van der Waals surface area (Å²) >= 11 is 0. The van der Waals surface area contributed by atoms with Gasteiger partial charge in [0.05, 0.1) is 37.7 Å². The Morgan fingerprint density at radius 2 is 1.93 bits per heavy atom. The number of hydrogen-bond acceptors (Lipinski definition) is 6. The lowest BCUT2D eigenvalue weighted by Crippen LogP contribution is -2.51. The van der Waals surface area contributed by atoms with E-state index in [0.29, 0.717) is 32.7 Å². The Morgan fingerprint density at radius 1 is 1.19 bits per heavy atom. The first-order valence-electron chi connectivity index (χ1n) is 8.95. The molecule has 0 bridgehead atoms. The third kappa shape index (κ3) is 3.97. The second-order valence-corrected chi connectivity index (χ2v) is 6.46. The van der Waals surface area contributed by atoms with Crippen molar-refractivity contribution in [2.75, 3.05) is 19.7 Å². The highest BCUT2D eigenvalue weighted by atomic mass is 16.5. The molecule has 1 saturated heterocycles. The van der Waals surface area contributed by atoms with Gasteiger partial charge in [0.25, 0.3) is 0 Å². The Hall–Kier alpha value is -3.23. The standard InChI is InChI=1S/C18H21N7O2/c1-2-27-17-5-3-14(4-6-17)9-18(26)23-12-16(13-23)24-10-15(21-22-24)11-25-19-7-8-20-25/h3-8,10,16H,2,9,11-13H2,1H3. The average molecular weight is 367 g/mol. The highest BCUT2D eigenvalue weighted by molar-refractivity contribution is 5.79. The van der Waals surface area contributed by atoms with Crippen LogP contribution in [0.3, 0.4) is 0 Å². The molecular weight excluding hydrogens is 346 g/mol. The minimum atomic E-state index is 0.122. The summed E-state index contributed by atoms with van der Waals surface area (Å²) in [5.41, 5.74) is 1.78. The number of nitrogens with zero attached hydrogens (tertiary/aromatic N) is 7. The Labute approximate surface area is 156 Å². The van der Waals surface area contributed by atoms with Crippen molar-refractivity contribution in [1.29, 1.82) is 0 Å². The van der Waals surface area contributed by atoms with Gasteiger partial charge in [0.1, 0.15) is 18.0 Å². The molecule has 0 saturated carbocycles. The Bertz CT molecular complexity index is 883. The van der Waals surface area contributed by atoms with Gasteiger partial charge in [-0.1, -0.05) is 17.3 Å². The number of aromatic nitrogens is 6. The van der Waals surface area contributed by atoms with Gasteiger partial charge in [-0.25, -0.2) is 4.68 Å². The summed E-state index contributed by atoms with van der Waals surface area (Å²) in [6.07, 6.45) is 5.55. The number of likely N-dealkylation sites (tertiary alicyclic amines) is 1. The van der Waals surface area contributed by atoms with Crippen molar-refractivity contribution >= 4 is 5.91 Å². The summed E-state index contributed by atoms with van der Waals surface area (Å²) in [7, 11) is 0. The summed E-state index contributed by atoms with van der Waals surface area (Å²) in [5, 5.41) is 16.4. The minimum Gasteiger partial charge on any atom is -0.494 e. The van der Waals surface area contributed by atoms with Crippen molar-refractivity contribution in [2.45, 2.75) is 25.9 Å². The first kappa shape index (κ1) is 17.2. The number of carbonyl (C=O) groups is 1. The molecule has 1 amide bonds. The normalized spacial score (nSPS) is 14.2. The van der Waals surface area contributed by atoms with Crippen LogP contribution in [0.2, 0.25) is 0 Å². The molecule has 1 aromatic carbocycles. The van der Waals surface area contributed by atoms with E-state index in [2.05, 4.69) is 20.5 Å². The summed E-state index contributed by atoms with van der Waals surface area (Å²) < 4.78 is 7.24. The topological polar surface area (TPSA) is 91.0 Å². The molecule has 9 nitrogen and oxygen atoms in total. The number of amides is 1. The van der Waals surface area contributed by atoms with Crippen LogP contribution < -0.4 is 4.74 Å². The van der Waals surface area contributed by atoms with E-state index in [-0.39, 0.29) is 11.9 Å². The lowest BCUT2D eigenvalue weighted by Gasteiger charge is -2.39. The van der Waals surface area contributed by atoms with Gasteiger partial charge in [-0.2, -0.15) is 15.0 Å². The molecule has 0 aliphatic carbocycles. The molecule has 9 heteroatoms. The summed E-state index contributed by atoms with van der Waals surface area (Å²) in [5.74, 6) is 0.946. The Balaban J connectivity index is 1.27. The maximum absolute atomic E-state index is 12.4. The second kappa shape index (κ2) is 7.56. The molecule has 3 heterocycles. The van der Waals surface area contributed by atoms with E-state index < -0.39 is 0 Å². The molecule has 140 valence electrons. The zero-order valence-corrected chi connectivity index (χ0v) is 15.1. The molecule has 2 aromatic heterocycles. The third-order valence-corrected chi connectivity index (χ3v) is 4.51. The third-order valence-electron chi connectivity index (χ3n) is 4.51.